The summed E-state index contributed by atoms with van der Waals surface area (Å²) in [6, 6.07) is 0.495. The maximum Gasteiger partial charge on any atom is 0.315 e. The molecule has 3 atom stereocenters. The normalized spacial score (nSPS) is 34.5. The van der Waals surface area contributed by atoms with Crippen molar-refractivity contribution in [1.82, 2.24) is 10.6 Å². The first-order valence-electron chi connectivity index (χ1n) is 5.84. The Balaban J connectivity index is 1.73. The van der Waals surface area contributed by atoms with Crippen molar-refractivity contribution < 1.29 is 4.79 Å². The van der Waals surface area contributed by atoms with Crippen LogP contribution in [-0.2, 0) is 0 Å². The lowest BCUT2D eigenvalue weighted by molar-refractivity contribution is 0.230. The van der Waals surface area contributed by atoms with Gasteiger partial charge in [0.05, 0.1) is 0 Å². The van der Waals surface area contributed by atoms with Gasteiger partial charge in [-0.25, -0.2) is 4.79 Å². The van der Waals surface area contributed by atoms with Crippen molar-refractivity contribution in [3.63, 3.8) is 0 Å². The molecule has 0 aromatic rings. The Morgan fingerprint density at radius 3 is 2.79 bits per heavy atom. The summed E-state index contributed by atoms with van der Waals surface area (Å²) in [5.41, 5.74) is 0. The van der Waals surface area contributed by atoms with E-state index in [1.807, 2.05) is 0 Å². The van der Waals surface area contributed by atoms with Gasteiger partial charge in [0.25, 0.3) is 0 Å². The Hall–Kier alpha value is -0.730. The molecule has 0 aromatic heterocycles. The molecule has 3 heteroatoms. The van der Waals surface area contributed by atoms with Crippen LogP contribution in [0.25, 0.3) is 0 Å². The summed E-state index contributed by atoms with van der Waals surface area (Å²) >= 11 is 0. The van der Waals surface area contributed by atoms with Gasteiger partial charge in [-0.05, 0) is 37.5 Å². The molecular weight excluding hydrogens is 176 g/mol. The second kappa shape index (κ2) is 4.20. The van der Waals surface area contributed by atoms with Crippen molar-refractivity contribution in [3.05, 3.63) is 0 Å². The van der Waals surface area contributed by atoms with Gasteiger partial charge in [0, 0.05) is 12.6 Å². The molecule has 2 aliphatic rings. The van der Waals surface area contributed by atoms with E-state index in [1.54, 1.807) is 0 Å². The first kappa shape index (κ1) is 9.81. The second-order valence-corrected chi connectivity index (χ2v) is 4.68. The SMILES string of the molecule is CCCNC(=O)N[C@H]1C[C@@H]2CC[C@@H]1C2. The Bertz CT molecular complexity index is 217. The van der Waals surface area contributed by atoms with Crippen molar-refractivity contribution in [2.45, 2.75) is 45.1 Å². The summed E-state index contributed by atoms with van der Waals surface area (Å²) in [6.45, 7) is 2.85. The maximum atomic E-state index is 11.4. The summed E-state index contributed by atoms with van der Waals surface area (Å²) in [4.78, 5) is 11.4. The summed E-state index contributed by atoms with van der Waals surface area (Å²) in [5, 5.41) is 5.96. The van der Waals surface area contributed by atoms with Gasteiger partial charge in [0.1, 0.15) is 0 Å². The van der Waals surface area contributed by atoms with Crippen molar-refractivity contribution >= 4 is 6.03 Å². The van der Waals surface area contributed by atoms with E-state index in [0.29, 0.717) is 6.04 Å². The monoisotopic (exact) mass is 196 g/mol. The molecule has 2 N–H and O–H groups in total. The molecule has 2 amide bonds. The Labute approximate surface area is 85.6 Å². The topological polar surface area (TPSA) is 41.1 Å². The molecular formula is C11H20N2O. The van der Waals surface area contributed by atoms with Gasteiger partial charge >= 0.3 is 6.03 Å². The Morgan fingerprint density at radius 2 is 2.21 bits per heavy atom. The van der Waals surface area contributed by atoms with Gasteiger partial charge in [-0.3, -0.25) is 0 Å². The molecule has 0 spiro atoms. The molecule has 0 radical (unpaired) electrons. The molecule has 2 bridgehead atoms. The molecule has 2 aliphatic carbocycles. The minimum atomic E-state index is 0.0319. The zero-order chi connectivity index (χ0) is 9.97. The molecule has 2 saturated carbocycles. The van der Waals surface area contributed by atoms with E-state index in [-0.39, 0.29) is 6.03 Å². The fourth-order valence-corrected chi connectivity index (χ4v) is 2.88. The lowest BCUT2D eigenvalue weighted by Gasteiger charge is -2.22. The van der Waals surface area contributed by atoms with E-state index < -0.39 is 0 Å². The number of rotatable bonds is 3. The molecule has 0 unspecified atom stereocenters. The van der Waals surface area contributed by atoms with Crippen LogP contribution in [0.4, 0.5) is 4.79 Å². The number of carbonyl (C=O) groups is 1. The molecule has 2 rings (SSSR count). The standard InChI is InChI=1S/C11H20N2O/c1-2-5-12-11(14)13-10-7-8-3-4-9(10)6-8/h8-10H,2-7H2,1H3,(H2,12,13,14)/t8-,9-,10+/m1/s1. The zero-order valence-electron chi connectivity index (χ0n) is 8.88. The van der Waals surface area contributed by atoms with Crippen LogP contribution in [-0.4, -0.2) is 18.6 Å². The summed E-state index contributed by atoms with van der Waals surface area (Å²) in [6.07, 6.45) is 6.27. The molecule has 80 valence electrons. The molecule has 0 heterocycles. The van der Waals surface area contributed by atoms with Crippen LogP contribution < -0.4 is 10.6 Å². The van der Waals surface area contributed by atoms with E-state index in [1.165, 1.54) is 25.7 Å². The highest BCUT2D eigenvalue weighted by molar-refractivity contribution is 5.74. The minimum Gasteiger partial charge on any atom is -0.338 e. The van der Waals surface area contributed by atoms with Crippen LogP contribution in [0.1, 0.15) is 39.0 Å². The first-order chi connectivity index (χ1) is 6.79. The Morgan fingerprint density at radius 1 is 1.36 bits per heavy atom. The van der Waals surface area contributed by atoms with E-state index in [9.17, 15) is 4.79 Å². The predicted octanol–water partition coefficient (Wildman–Crippen LogP) is 1.88. The fourth-order valence-electron chi connectivity index (χ4n) is 2.88. The minimum absolute atomic E-state index is 0.0319. The fraction of sp³-hybridized carbons (Fsp3) is 0.909. The third-order valence-corrected chi connectivity index (χ3v) is 3.59. The first-order valence-corrected chi connectivity index (χ1v) is 5.84. The second-order valence-electron chi connectivity index (χ2n) is 4.68. The number of hydrogen-bond donors (Lipinski definition) is 2. The van der Waals surface area contributed by atoms with Crippen LogP contribution >= 0.6 is 0 Å². The number of urea groups is 1. The quantitative estimate of drug-likeness (QED) is 0.711. The van der Waals surface area contributed by atoms with Crippen LogP contribution in [0.5, 0.6) is 0 Å². The van der Waals surface area contributed by atoms with E-state index in [4.69, 9.17) is 0 Å². The highest BCUT2D eigenvalue weighted by Crippen LogP contribution is 2.44. The van der Waals surface area contributed by atoms with E-state index >= 15 is 0 Å². The number of fused-ring (bicyclic) bond motifs is 2. The average molecular weight is 196 g/mol. The third kappa shape index (κ3) is 2.02. The van der Waals surface area contributed by atoms with Crippen LogP contribution in [0, 0.1) is 11.8 Å². The van der Waals surface area contributed by atoms with Crippen LogP contribution in [0.2, 0.25) is 0 Å². The summed E-state index contributed by atoms with van der Waals surface area (Å²) in [5.74, 6) is 1.67. The largest absolute Gasteiger partial charge is 0.338 e. The van der Waals surface area contributed by atoms with Crippen molar-refractivity contribution in [3.8, 4) is 0 Å². The number of hydrogen-bond acceptors (Lipinski definition) is 1. The van der Waals surface area contributed by atoms with Gasteiger partial charge in [-0.2, -0.15) is 0 Å². The van der Waals surface area contributed by atoms with Crippen LogP contribution in [0.15, 0.2) is 0 Å². The molecule has 2 fully saturated rings. The molecule has 3 nitrogen and oxygen atoms in total. The van der Waals surface area contributed by atoms with Crippen molar-refractivity contribution in [1.29, 1.82) is 0 Å². The van der Waals surface area contributed by atoms with Gasteiger partial charge < -0.3 is 10.6 Å². The maximum absolute atomic E-state index is 11.4. The molecule has 0 saturated heterocycles. The smallest absolute Gasteiger partial charge is 0.315 e. The van der Waals surface area contributed by atoms with Crippen LogP contribution in [0.3, 0.4) is 0 Å². The number of nitrogens with one attached hydrogen (secondary N) is 2. The molecule has 0 aromatic carbocycles. The average Bonchev–Trinajstić information content (AvgIpc) is 2.76. The lowest BCUT2D eigenvalue weighted by atomic mass is 9.95. The third-order valence-electron chi connectivity index (χ3n) is 3.59. The predicted molar refractivity (Wildman–Crippen MR) is 56.1 cm³/mol. The lowest BCUT2D eigenvalue weighted by Crippen LogP contribution is -2.44. The van der Waals surface area contributed by atoms with E-state index in [0.717, 1.165) is 24.8 Å². The number of amides is 2. The van der Waals surface area contributed by atoms with Gasteiger partial charge in [-0.15, -0.1) is 0 Å². The Kier molecular flexibility index (Phi) is 2.94. The van der Waals surface area contributed by atoms with Gasteiger partial charge in [0.15, 0.2) is 0 Å². The summed E-state index contributed by atoms with van der Waals surface area (Å²) < 4.78 is 0. The van der Waals surface area contributed by atoms with Crippen molar-refractivity contribution in [2.24, 2.45) is 11.8 Å². The highest BCUT2D eigenvalue weighted by atomic mass is 16.2. The van der Waals surface area contributed by atoms with Crippen molar-refractivity contribution in [2.75, 3.05) is 6.54 Å². The zero-order valence-corrected chi connectivity index (χ0v) is 8.88. The molecule has 0 aliphatic heterocycles. The van der Waals surface area contributed by atoms with E-state index in [2.05, 4.69) is 17.6 Å². The molecule has 14 heavy (non-hydrogen) atoms. The van der Waals surface area contributed by atoms with Gasteiger partial charge in [0.2, 0.25) is 0 Å². The highest BCUT2D eigenvalue weighted by Gasteiger charge is 2.39. The van der Waals surface area contributed by atoms with Gasteiger partial charge in [-0.1, -0.05) is 13.3 Å². The summed E-state index contributed by atoms with van der Waals surface area (Å²) in [7, 11) is 0. The number of carbonyl (C=O) groups excluding carboxylic acids is 1.